The van der Waals surface area contributed by atoms with Crippen LogP contribution in [0.1, 0.15) is 74.7 Å². The van der Waals surface area contributed by atoms with E-state index in [-0.39, 0.29) is 37.4 Å². The SMILES string of the molecule is C=C1[C@H](OC(C)=O)C[C@H](OC(C)=O)[C@@]2(C)[C@@H](OC(=O)CC(C)C)C[C@@H](OC(C)=O)[C@]3(CO3)[C@@H]2[C@H](OC(C)=O)[C@]2(O)[C@@H](C)C(=O)O[C@H]2[C@H]1Cl. The van der Waals surface area contributed by atoms with Gasteiger partial charge in [0.05, 0.1) is 23.3 Å². The molecule has 0 aromatic carbocycles. The molecule has 4 rings (SSSR count). The van der Waals surface area contributed by atoms with Crippen molar-refractivity contribution in [3.05, 3.63) is 12.2 Å². The lowest BCUT2D eigenvalue weighted by molar-refractivity contribution is -0.262. The van der Waals surface area contributed by atoms with E-state index in [2.05, 4.69) is 6.58 Å². The topological polar surface area (TPSA) is 191 Å². The quantitative estimate of drug-likeness (QED) is 0.134. The predicted octanol–water partition coefficient (Wildman–Crippen LogP) is 2.33. The molecule has 2 aliphatic heterocycles. The molecule has 0 bridgehead atoms. The molecule has 12 atom stereocenters. The molecule has 2 saturated carbocycles. The minimum absolute atomic E-state index is 0.00249. The summed E-state index contributed by atoms with van der Waals surface area (Å²) in [4.78, 5) is 77.3. The normalized spacial score (nSPS) is 40.5. The molecule has 48 heavy (non-hydrogen) atoms. The van der Waals surface area contributed by atoms with Crippen molar-refractivity contribution >= 4 is 47.4 Å². The number of carbonyl (C=O) groups excluding carboxylic acids is 6. The van der Waals surface area contributed by atoms with Crippen molar-refractivity contribution in [3.63, 3.8) is 0 Å². The van der Waals surface area contributed by atoms with Crippen LogP contribution in [0.2, 0.25) is 0 Å². The first-order valence-electron chi connectivity index (χ1n) is 16.0. The Labute approximate surface area is 284 Å². The maximum absolute atomic E-state index is 13.4. The second-order valence-corrected chi connectivity index (χ2v) is 14.4. The molecule has 2 aliphatic carbocycles. The van der Waals surface area contributed by atoms with Crippen molar-refractivity contribution in [1.29, 1.82) is 0 Å². The van der Waals surface area contributed by atoms with Crippen molar-refractivity contribution < 1.29 is 67.0 Å². The van der Waals surface area contributed by atoms with Gasteiger partial charge in [-0.25, -0.2) is 0 Å². The summed E-state index contributed by atoms with van der Waals surface area (Å²) < 4.78 is 41.3. The molecule has 15 heteroatoms. The summed E-state index contributed by atoms with van der Waals surface area (Å²) in [6.45, 7) is 15.1. The van der Waals surface area contributed by atoms with Crippen molar-refractivity contribution in [2.75, 3.05) is 6.61 Å². The lowest BCUT2D eigenvalue weighted by Gasteiger charge is -2.58. The van der Waals surface area contributed by atoms with Crippen LogP contribution in [0.4, 0.5) is 0 Å². The summed E-state index contributed by atoms with van der Waals surface area (Å²) in [5.41, 5.74) is -5.60. The molecule has 0 amide bonds. The molecule has 4 fully saturated rings. The monoisotopic (exact) mass is 700 g/mol. The average molecular weight is 701 g/mol. The summed E-state index contributed by atoms with van der Waals surface area (Å²) in [6.07, 6.45) is -8.75. The number of ether oxygens (including phenoxy) is 7. The highest BCUT2D eigenvalue weighted by molar-refractivity contribution is 6.23. The van der Waals surface area contributed by atoms with E-state index in [1.807, 2.05) is 13.8 Å². The molecule has 0 aromatic rings. The van der Waals surface area contributed by atoms with Gasteiger partial charge in [-0.3, -0.25) is 28.8 Å². The van der Waals surface area contributed by atoms with Crippen LogP contribution in [-0.4, -0.2) is 101 Å². The largest absolute Gasteiger partial charge is 0.462 e. The smallest absolute Gasteiger partial charge is 0.312 e. The second-order valence-electron chi connectivity index (χ2n) is 13.9. The Morgan fingerprint density at radius 1 is 0.917 bits per heavy atom. The number of aliphatic hydroxyl groups is 1. The zero-order valence-corrected chi connectivity index (χ0v) is 29.2. The summed E-state index contributed by atoms with van der Waals surface area (Å²) in [5, 5.41) is 11.4. The van der Waals surface area contributed by atoms with Crippen molar-refractivity contribution in [1.82, 2.24) is 0 Å². The number of hydrogen-bond donors (Lipinski definition) is 1. The second kappa shape index (κ2) is 13.6. The van der Waals surface area contributed by atoms with Gasteiger partial charge in [0.15, 0.2) is 11.7 Å². The van der Waals surface area contributed by atoms with Gasteiger partial charge in [-0.05, 0) is 18.4 Å². The third-order valence-electron chi connectivity index (χ3n) is 10.1. The molecule has 1 spiro atoms. The Morgan fingerprint density at radius 2 is 1.44 bits per heavy atom. The lowest BCUT2D eigenvalue weighted by atomic mass is 9.51. The number of epoxide rings is 1. The Kier molecular flexibility index (Phi) is 10.6. The Bertz CT molecular complexity index is 1360. The van der Waals surface area contributed by atoms with Gasteiger partial charge in [-0.15, -0.1) is 11.6 Å². The van der Waals surface area contributed by atoms with E-state index in [0.29, 0.717) is 0 Å². The van der Waals surface area contributed by atoms with Gasteiger partial charge in [0.1, 0.15) is 36.1 Å². The third kappa shape index (κ3) is 6.67. The number of halogens is 1. The first-order valence-corrected chi connectivity index (χ1v) is 16.4. The highest BCUT2D eigenvalue weighted by atomic mass is 35.5. The van der Waals surface area contributed by atoms with Gasteiger partial charge < -0.3 is 38.3 Å². The van der Waals surface area contributed by atoms with Crippen LogP contribution in [0.25, 0.3) is 0 Å². The average Bonchev–Trinajstić information content (AvgIpc) is 3.70. The van der Waals surface area contributed by atoms with Crippen LogP contribution in [-0.2, 0) is 61.9 Å². The van der Waals surface area contributed by atoms with E-state index >= 15 is 0 Å². The fourth-order valence-corrected chi connectivity index (χ4v) is 8.21. The molecule has 1 N–H and O–H groups in total. The summed E-state index contributed by atoms with van der Waals surface area (Å²) in [7, 11) is 0. The number of alkyl halides is 1. The summed E-state index contributed by atoms with van der Waals surface area (Å²) in [5.74, 6) is -7.39. The molecule has 2 saturated heterocycles. The van der Waals surface area contributed by atoms with E-state index < -0.39 is 106 Å². The maximum atomic E-state index is 13.4. The molecular weight excluding hydrogens is 656 g/mol. The van der Waals surface area contributed by atoms with Crippen LogP contribution in [0.15, 0.2) is 12.2 Å². The summed E-state index contributed by atoms with van der Waals surface area (Å²) >= 11 is 6.92. The molecule has 0 unspecified atom stereocenters. The molecule has 0 radical (unpaired) electrons. The minimum Gasteiger partial charge on any atom is -0.462 e. The lowest BCUT2D eigenvalue weighted by Crippen LogP contribution is -2.73. The first-order chi connectivity index (χ1) is 22.2. The van der Waals surface area contributed by atoms with Crippen molar-refractivity contribution in [3.8, 4) is 0 Å². The maximum Gasteiger partial charge on any atom is 0.312 e. The molecule has 268 valence electrons. The van der Waals surface area contributed by atoms with Crippen LogP contribution < -0.4 is 0 Å². The molecule has 2 heterocycles. The van der Waals surface area contributed by atoms with Gasteiger partial charge in [0.2, 0.25) is 0 Å². The van der Waals surface area contributed by atoms with E-state index in [4.69, 9.17) is 44.8 Å². The standard InChI is InChI=1S/C33H45ClO14/c1-14(2)10-25(39)47-23-12-24(45-19(7)37)32(13-42-32)27-29(46-20(8)38)33(41)16(4)30(40)48-28(33)26(34)15(3)21(43-17(5)35)11-22(31(23,27)9)44-18(6)36/h14,16,21-24,26-29,41H,3,10-13H2,1-2,4-9H3/t16-,21+,22-,23-,24+,26-,27+,28-,29-,31-,32+,33-/m0/s1. The van der Waals surface area contributed by atoms with Crippen LogP contribution >= 0.6 is 11.6 Å². The van der Waals surface area contributed by atoms with Crippen molar-refractivity contribution in [2.24, 2.45) is 23.2 Å². The number of esters is 6. The van der Waals surface area contributed by atoms with Crippen molar-refractivity contribution in [2.45, 2.75) is 128 Å². The Hall–Kier alpha value is -3.23. The third-order valence-corrected chi connectivity index (χ3v) is 10.6. The fraction of sp³-hybridized carbons (Fsp3) is 0.758. The Balaban J connectivity index is 2.11. The molecule has 0 aromatic heterocycles. The number of rotatable bonds is 7. The fourth-order valence-electron chi connectivity index (χ4n) is 7.82. The van der Waals surface area contributed by atoms with Crippen LogP contribution in [0, 0.1) is 23.2 Å². The van der Waals surface area contributed by atoms with E-state index in [1.54, 1.807) is 6.92 Å². The predicted molar refractivity (Wildman–Crippen MR) is 164 cm³/mol. The van der Waals surface area contributed by atoms with E-state index in [9.17, 15) is 33.9 Å². The molecule has 14 nitrogen and oxygen atoms in total. The minimum atomic E-state index is -2.42. The van der Waals surface area contributed by atoms with Gasteiger partial charge >= 0.3 is 35.8 Å². The first kappa shape index (κ1) is 37.6. The van der Waals surface area contributed by atoms with Gasteiger partial charge in [0.25, 0.3) is 0 Å². The molecule has 4 aliphatic rings. The zero-order valence-electron chi connectivity index (χ0n) is 28.4. The van der Waals surface area contributed by atoms with E-state index in [1.165, 1.54) is 13.8 Å². The highest BCUT2D eigenvalue weighted by Crippen LogP contribution is 2.63. The molecular formula is C33H45ClO14. The number of hydrogen-bond acceptors (Lipinski definition) is 14. The van der Waals surface area contributed by atoms with Crippen LogP contribution in [0.3, 0.4) is 0 Å². The van der Waals surface area contributed by atoms with Gasteiger partial charge in [-0.2, -0.15) is 0 Å². The summed E-state index contributed by atoms with van der Waals surface area (Å²) in [6, 6.07) is 0. The zero-order chi connectivity index (χ0) is 36.1. The number of fused-ring (bicyclic) bond motifs is 3. The van der Waals surface area contributed by atoms with Crippen LogP contribution in [0.5, 0.6) is 0 Å². The van der Waals surface area contributed by atoms with Gasteiger partial charge in [0, 0.05) is 52.9 Å². The van der Waals surface area contributed by atoms with Gasteiger partial charge in [-0.1, -0.05) is 27.4 Å². The van der Waals surface area contributed by atoms with E-state index in [0.717, 1.165) is 20.8 Å². The Morgan fingerprint density at radius 3 is 1.94 bits per heavy atom. The highest BCUT2D eigenvalue weighted by Gasteiger charge is 2.79. The number of carbonyl (C=O) groups is 6.